The molecule has 7 heteroatoms. The van der Waals surface area contributed by atoms with E-state index in [4.69, 9.17) is 9.47 Å². The fraction of sp³-hybridized carbons (Fsp3) is 0.276. The normalized spacial score (nSPS) is 15.4. The molecule has 0 spiro atoms. The van der Waals surface area contributed by atoms with Gasteiger partial charge in [0.1, 0.15) is 5.82 Å². The van der Waals surface area contributed by atoms with E-state index >= 15 is 0 Å². The Bertz CT molecular complexity index is 1440. The van der Waals surface area contributed by atoms with E-state index in [1.54, 1.807) is 30.3 Å². The quantitative estimate of drug-likeness (QED) is 0.248. The summed E-state index contributed by atoms with van der Waals surface area (Å²) in [6, 6.07) is 16.6. The number of ether oxygens (including phenoxy) is 2. The van der Waals surface area contributed by atoms with E-state index in [-0.39, 0.29) is 24.3 Å². The van der Waals surface area contributed by atoms with Crippen molar-refractivity contribution in [2.24, 2.45) is 0 Å². The van der Waals surface area contributed by atoms with Gasteiger partial charge < -0.3 is 14.0 Å². The number of Topliss-reactive ketones (excluding diaryl/α,β-unsaturated/α-hetero) is 1. The Morgan fingerprint density at radius 1 is 1.08 bits per heavy atom. The van der Waals surface area contributed by atoms with Crippen LogP contribution in [0.25, 0.3) is 22.2 Å². The van der Waals surface area contributed by atoms with E-state index in [2.05, 4.69) is 9.55 Å². The molecule has 0 radical (unpaired) electrons. The first kappa shape index (κ1) is 23.9. The molecule has 5 rings (SSSR count). The summed E-state index contributed by atoms with van der Waals surface area (Å²) >= 11 is 0. The molecule has 0 saturated carbocycles. The second-order valence-electron chi connectivity index (χ2n) is 9.11. The molecule has 0 amide bonds. The summed E-state index contributed by atoms with van der Waals surface area (Å²) in [6.07, 6.45) is 2.22. The maximum Gasteiger partial charge on any atom is 0.339 e. The molecule has 1 fully saturated rings. The van der Waals surface area contributed by atoms with Crippen molar-refractivity contribution in [3.63, 3.8) is 0 Å². The van der Waals surface area contributed by atoms with E-state index in [0.717, 1.165) is 30.8 Å². The third-order valence-corrected chi connectivity index (χ3v) is 6.69. The van der Waals surface area contributed by atoms with Crippen LogP contribution in [0.15, 0.2) is 60.7 Å². The summed E-state index contributed by atoms with van der Waals surface area (Å²) in [7, 11) is 0. The van der Waals surface area contributed by atoms with Crippen LogP contribution in [0.1, 0.15) is 44.9 Å². The second kappa shape index (κ2) is 10.0. The van der Waals surface area contributed by atoms with Crippen LogP contribution in [0.4, 0.5) is 4.39 Å². The summed E-state index contributed by atoms with van der Waals surface area (Å²) in [5.74, 6) is -1.22. The van der Waals surface area contributed by atoms with Gasteiger partial charge in [-0.25, -0.2) is 14.2 Å². The zero-order chi connectivity index (χ0) is 25.2. The van der Waals surface area contributed by atoms with Gasteiger partial charge in [0, 0.05) is 41.1 Å². The van der Waals surface area contributed by atoms with E-state index in [9.17, 15) is 14.0 Å². The van der Waals surface area contributed by atoms with Gasteiger partial charge in [-0.1, -0.05) is 18.2 Å². The summed E-state index contributed by atoms with van der Waals surface area (Å²) < 4.78 is 26.7. The third-order valence-electron chi connectivity index (χ3n) is 6.69. The molecule has 2 aromatic carbocycles. The fourth-order valence-electron chi connectivity index (χ4n) is 4.76. The third kappa shape index (κ3) is 4.79. The lowest BCUT2D eigenvalue weighted by Crippen LogP contribution is -2.18. The fourth-order valence-corrected chi connectivity index (χ4v) is 4.76. The highest BCUT2D eigenvalue weighted by atomic mass is 19.1. The maximum atomic E-state index is 13.4. The van der Waals surface area contributed by atoms with Gasteiger partial charge in [-0.2, -0.15) is 0 Å². The smallest absolute Gasteiger partial charge is 0.339 e. The first-order valence-corrected chi connectivity index (χ1v) is 12.0. The molecule has 36 heavy (non-hydrogen) atoms. The van der Waals surface area contributed by atoms with Gasteiger partial charge in [-0.05, 0) is 69.2 Å². The highest BCUT2D eigenvalue weighted by Crippen LogP contribution is 2.26. The minimum atomic E-state index is -0.613. The number of ketones is 1. The standard InChI is InChI=1S/C29H27FN2O4/c1-18-14-24(19(2)32(18)16-22-6-5-13-35-22)28(33)17-36-29(34)25-15-27(20-9-11-21(30)12-10-20)31-26-8-4-3-7-23(25)26/h3-4,7-12,14-15,22H,5-6,13,16-17H2,1-2H3/t22-/m1/s1. The van der Waals surface area contributed by atoms with Gasteiger partial charge in [0.2, 0.25) is 5.78 Å². The average molecular weight is 487 g/mol. The van der Waals surface area contributed by atoms with Crippen molar-refractivity contribution in [3.05, 3.63) is 89.0 Å². The first-order chi connectivity index (χ1) is 17.4. The molecule has 3 heterocycles. The Balaban J connectivity index is 1.36. The summed E-state index contributed by atoms with van der Waals surface area (Å²) in [5, 5.41) is 0.621. The Kier molecular flexibility index (Phi) is 6.65. The molecule has 0 unspecified atom stereocenters. The van der Waals surface area contributed by atoms with Crippen molar-refractivity contribution < 1.29 is 23.5 Å². The van der Waals surface area contributed by atoms with Crippen LogP contribution < -0.4 is 0 Å². The SMILES string of the molecule is Cc1cc(C(=O)COC(=O)c2cc(-c3ccc(F)cc3)nc3ccccc23)c(C)n1C[C@H]1CCCO1. The molecule has 1 aliphatic heterocycles. The van der Waals surface area contributed by atoms with Gasteiger partial charge in [0.15, 0.2) is 6.61 Å². The number of pyridine rings is 1. The molecule has 0 N–H and O–H groups in total. The van der Waals surface area contributed by atoms with Crippen LogP contribution in [0, 0.1) is 19.7 Å². The number of halogens is 1. The topological polar surface area (TPSA) is 70.4 Å². The number of hydrogen-bond donors (Lipinski definition) is 0. The zero-order valence-electron chi connectivity index (χ0n) is 20.3. The van der Waals surface area contributed by atoms with E-state index in [1.807, 2.05) is 32.0 Å². The number of carbonyl (C=O) groups excluding carboxylic acids is 2. The Labute approximate surface area is 208 Å². The molecule has 1 aliphatic rings. The van der Waals surface area contributed by atoms with Crippen LogP contribution in [0.2, 0.25) is 0 Å². The van der Waals surface area contributed by atoms with Crippen molar-refractivity contribution in [2.45, 2.75) is 39.3 Å². The lowest BCUT2D eigenvalue weighted by atomic mass is 10.0. The molecule has 1 saturated heterocycles. The van der Waals surface area contributed by atoms with Crippen molar-refractivity contribution in [2.75, 3.05) is 13.2 Å². The Morgan fingerprint density at radius 2 is 1.86 bits per heavy atom. The Morgan fingerprint density at radius 3 is 2.61 bits per heavy atom. The predicted molar refractivity (Wildman–Crippen MR) is 135 cm³/mol. The van der Waals surface area contributed by atoms with Crippen molar-refractivity contribution in [3.8, 4) is 11.3 Å². The van der Waals surface area contributed by atoms with Gasteiger partial charge >= 0.3 is 5.97 Å². The van der Waals surface area contributed by atoms with Crippen LogP contribution in [0.5, 0.6) is 0 Å². The van der Waals surface area contributed by atoms with Crippen LogP contribution >= 0.6 is 0 Å². The number of hydrogen-bond acceptors (Lipinski definition) is 5. The lowest BCUT2D eigenvalue weighted by Gasteiger charge is -2.14. The summed E-state index contributed by atoms with van der Waals surface area (Å²) in [5.41, 5.74) is 4.46. The molecule has 4 aromatic rings. The zero-order valence-corrected chi connectivity index (χ0v) is 20.3. The monoisotopic (exact) mass is 486 g/mol. The molecule has 1 atom stereocenters. The first-order valence-electron chi connectivity index (χ1n) is 12.0. The molecule has 2 aromatic heterocycles. The number of rotatable bonds is 7. The average Bonchev–Trinajstić information content (AvgIpc) is 3.50. The Hall–Kier alpha value is -3.84. The number of esters is 1. The minimum Gasteiger partial charge on any atom is -0.454 e. The number of aromatic nitrogens is 2. The number of para-hydroxylation sites is 1. The van der Waals surface area contributed by atoms with E-state index < -0.39 is 5.97 Å². The predicted octanol–water partition coefficient (Wildman–Crippen LogP) is 5.68. The molecular formula is C29H27FN2O4. The number of aryl methyl sites for hydroxylation is 1. The lowest BCUT2D eigenvalue weighted by molar-refractivity contribution is 0.0476. The van der Waals surface area contributed by atoms with Crippen molar-refractivity contribution >= 4 is 22.7 Å². The highest BCUT2D eigenvalue weighted by Gasteiger charge is 2.22. The van der Waals surface area contributed by atoms with Crippen molar-refractivity contribution in [1.82, 2.24) is 9.55 Å². The number of carbonyl (C=O) groups is 2. The number of fused-ring (bicyclic) bond motifs is 1. The highest BCUT2D eigenvalue weighted by molar-refractivity contribution is 6.06. The molecule has 184 valence electrons. The van der Waals surface area contributed by atoms with Crippen molar-refractivity contribution in [1.29, 1.82) is 0 Å². The van der Waals surface area contributed by atoms with Gasteiger partial charge in [-0.3, -0.25) is 4.79 Å². The number of nitrogens with zero attached hydrogens (tertiary/aromatic N) is 2. The van der Waals surface area contributed by atoms with Gasteiger partial charge in [0.25, 0.3) is 0 Å². The van der Waals surface area contributed by atoms with E-state index in [1.165, 1.54) is 12.1 Å². The summed E-state index contributed by atoms with van der Waals surface area (Å²) in [4.78, 5) is 30.8. The molecule has 6 nitrogen and oxygen atoms in total. The van der Waals surface area contributed by atoms with Crippen LogP contribution in [0.3, 0.4) is 0 Å². The maximum absolute atomic E-state index is 13.4. The molecule has 0 bridgehead atoms. The van der Waals surface area contributed by atoms with Crippen LogP contribution in [-0.2, 0) is 16.0 Å². The van der Waals surface area contributed by atoms with Gasteiger partial charge in [0.05, 0.1) is 22.9 Å². The number of benzene rings is 2. The summed E-state index contributed by atoms with van der Waals surface area (Å²) in [6.45, 7) is 4.98. The minimum absolute atomic E-state index is 0.158. The molecular weight excluding hydrogens is 459 g/mol. The second-order valence-corrected chi connectivity index (χ2v) is 9.11. The van der Waals surface area contributed by atoms with E-state index in [0.29, 0.717) is 39.8 Å². The molecule has 0 aliphatic carbocycles. The van der Waals surface area contributed by atoms with Gasteiger partial charge in [-0.15, -0.1) is 0 Å². The largest absolute Gasteiger partial charge is 0.454 e. The van der Waals surface area contributed by atoms with Crippen LogP contribution in [-0.4, -0.2) is 40.6 Å².